The molecule has 0 N–H and O–H groups in total. The van der Waals surface area contributed by atoms with Crippen molar-refractivity contribution in [2.24, 2.45) is 0 Å². The van der Waals surface area contributed by atoms with Gasteiger partial charge in [0.2, 0.25) is 0 Å². The molecule has 0 fully saturated rings. The highest BCUT2D eigenvalue weighted by molar-refractivity contribution is 4.80. The Balaban J connectivity index is 2.86. The fourth-order valence-electron chi connectivity index (χ4n) is 0.561. The third kappa shape index (κ3) is 7.67. The zero-order valence-electron chi connectivity index (χ0n) is 5.78. The van der Waals surface area contributed by atoms with Gasteiger partial charge in [0, 0.05) is 0 Å². The molecular weight excluding hydrogens is 115 g/mol. The summed E-state index contributed by atoms with van der Waals surface area (Å²) < 4.78 is 11.4. The van der Waals surface area contributed by atoms with Crippen LogP contribution < -0.4 is 0 Å². The zero-order chi connectivity index (χ0) is 6.95. The highest BCUT2D eigenvalue weighted by atomic mass is 19.1. The van der Waals surface area contributed by atoms with Gasteiger partial charge in [-0.1, -0.05) is 25.5 Å². The highest BCUT2D eigenvalue weighted by Crippen LogP contribution is 1.95. The Morgan fingerprint density at radius 2 is 1.89 bits per heavy atom. The standard InChI is InChI=1S/C8H14F/c1-2-3-4-5-6-7-8-9/h5-6H,1-4,7-8H2/b6-5+. The third-order valence-corrected chi connectivity index (χ3v) is 1.06. The van der Waals surface area contributed by atoms with Crippen LogP contribution in [-0.2, 0) is 0 Å². The normalized spacial score (nSPS) is 10.9. The van der Waals surface area contributed by atoms with E-state index in [4.69, 9.17) is 0 Å². The molecular formula is C8H14F. The van der Waals surface area contributed by atoms with Gasteiger partial charge < -0.3 is 0 Å². The monoisotopic (exact) mass is 129 g/mol. The first-order chi connectivity index (χ1) is 4.41. The van der Waals surface area contributed by atoms with Gasteiger partial charge >= 0.3 is 0 Å². The van der Waals surface area contributed by atoms with Crippen LogP contribution in [0.2, 0.25) is 0 Å². The van der Waals surface area contributed by atoms with E-state index >= 15 is 0 Å². The summed E-state index contributed by atoms with van der Waals surface area (Å²) >= 11 is 0. The van der Waals surface area contributed by atoms with Crippen molar-refractivity contribution in [3.05, 3.63) is 19.1 Å². The van der Waals surface area contributed by atoms with Crippen molar-refractivity contribution in [2.75, 3.05) is 6.67 Å². The Bertz CT molecular complexity index is 67.0. The number of hydrogen-bond acceptors (Lipinski definition) is 0. The van der Waals surface area contributed by atoms with Gasteiger partial charge in [-0.3, -0.25) is 4.39 Å². The molecule has 53 valence electrons. The molecule has 9 heavy (non-hydrogen) atoms. The Kier molecular flexibility index (Phi) is 7.39. The number of allylic oxidation sites excluding steroid dienone is 2. The van der Waals surface area contributed by atoms with Crippen LogP contribution in [-0.4, -0.2) is 6.67 Å². The first kappa shape index (κ1) is 8.67. The molecule has 0 unspecified atom stereocenters. The largest absolute Gasteiger partial charge is 0.251 e. The van der Waals surface area contributed by atoms with E-state index in [0.29, 0.717) is 6.42 Å². The van der Waals surface area contributed by atoms with Gasteiger partial charge in [-0.25, -0.2) is 0 Å². The zero-order valence-corrected chi connectivity index (χ0v) is 5.78. The summed E-state index contributed by atoms with van der Waals surface area (Å²) in [6.45, 7) is 3.46. The van der Waals surface area contributed by atoms with Crippen LogP contribution in [0.1, 0.15) is 25.7 Å². The maximum atomic E-state index is 11.4. The first-order valence-electron chi connectivity index (χ1n) is 3.42. The van der Waals surface area contributed by atoms with Gasteiger partial charge in [-0.15, -0.1) is 0 Å². The first-order valence-corrected chi connectivity index (χ1v) is 3.42. The van der Waals surface area contributed by atoms with E-state index in [1.807, 2.05) is 12.2 Å². The molecule has 0 rings (SSSR count). The smallest absolute Gasteiger partial charge is 0.0928 e. The van der Waals surface area contributed by atoms with Crippen LogP contribution >= 0.6 is 0 Å². The van der Waals surface area contributed by atoms with Crippen molar-refractivity contribution in [2.45, 2.75) is 25.7 Å². The summed E-state index contributed by atoms with van der Waals surface area (Å²) in [5, 5.41) is 0. The average molecular weight is 129 g/mol. The molecule has 0 aliphatic carbocycles. The molecule has 0 heterocycles. The summed E-state index contributed by atoms with van der Waals surface area (Å²) in [6, 6.07) is 0. The van der Waals surface area contributed by atoms with E-state index in [2.05, 4.69) is 6.92 Å². The van der Waals surface area contributed by atoms with Gasteiger partial charge in [0.05, 0.1) is 6.67 Å². The number of rotatable bonds is 5. The molecule has 0 saturated carbocycles. The molecule has 0 aliphatic heterocycles. The SMILES string of the molecule is [CH2]CCC/C=C/CCF. The van der Waals surface area contributed by atoms with Crippen molar-refractivity contribution in [3.8, 4) is 0 Å². The Hall–Kier alpha value is -0.330. The lowest BCUT2D eigenvalue weighted by molar-refractivity contribution is 0.500. The quantitative estimate of drug-likeness (QED) is 0.395. The van der Waals surface area contributed by atoms with Crippen molar-refractivity contribution in [3.63, 3.8) is 0 Å². The second-order valence-corrected chi connectivity index (χ2v) is 1.94. The second-order valence-electron chi connectivity index (χ2n) is 1.94. The Labute approximate surface area is 56.8 Å². The number of hydrogen-bond donors (Lipinski definition) is 0. The summed E-state index contributed by atoms with van der Waals surface area (Å²) in [6.07, 6.45) is 7.60. The minimum absolute atomic E-state index is 0.235. The van der Waals surface area contributed by atoms with E-state index < -0.39 is 0 Å². The summed E-state index contributed by atoms with van der Waals surface area (Å²) in [5.74, 6) is 0. The van der Waals surface area contributed by atoms with Crippen molar-refractivity contribution < 1.29 is 4.39 Å². The molecule has 0 atom stereocenters. The fourth-order valence-corrected chi connectivity index (χ4v) is 0.561. The Morgan fingerprint density at radius 3 is 2.44 bits per heavy atom. The van der Waals surface area contributed by atoms with E-state index in [-0.39, 0.29) is 6.67 Å². The summed E-state index contributed by atoms with van der Waals surface area (Å²) in [7, 11) is 0. The van der Waals surface area contributed by atoms with Crippen LogP contribution in [0.4, 0.5) is 4.39 Å². The Morgan fingerprint density at radius 1 is 1.22 bits per heavy atom. The van der Waals surface area contributed by atoms with E-state index in [1.54, 1.807) is 0 Å². The molecule has 0 aromatic heterocycles. The molecule has 0 aromatic rings. The van der Waals surface area contributed by atoms with Crippen molar-refractivity contribution >= 4 is 0 Å². The van der Waals surface area contributed by atoms with Crippen LogP contribution in [0.25, 0.3) is 0 Å². The fraction of sp³-hybridized carbons (Fsp3) is 0.625. The maximum absolute atomic E-state index is 11.4. The molecule has 0 aliphatic rings. The molecule has 0 nitrogen and oxygen atoms in total. The second kappa shape index (κ2) is 7.67. The third-order valence-electron chi connectivity index (χ3n) is 1.06. The van der Waals surface area contributed by atoms with Gasteiger partial charge in [-0.05, 0) is 19.3 Å². The lowest BCUT2D eigenvalue weighted by Gasteiger charge is -1.86. The van der Waals surface area contributed by atoms with Crippen LogP contribution in [0, 0.1) is 6.92 Å². The number of unbranched alkanes of at least 4 members (excludes halogenated alkanes) is 2. The summed E-state index contributed by atoms with van der Waals surface area (Å²) in [5.41, 5.74) is 0. The van der Waals surface area contributed by atoms with E-state index in [0.717, 1.165) is 19.3 Å². The summed E-state index contributed by atoms with van der Waals surface area (Å²) in [4.78, 5) is 0. The number of halogens is 1. The van der Waals surface area contributed by atoms with E-state index in [9.17, 15) is 4.39 Å². The van der Waals surface area contributed by atoms with Crippen LogP contribution in [0.15, 0.2) is 12.2 Å². The minimum atomic E-state index is -0.235. The molecule has 0 spiro atoms. The average Bonchev–Trinajstić information content (AvgIpc) is 1.89. The van der Waals surface area contributed by atoms with Crippen molar-refractivity contribution in [1.29, 1.82) is 0 Å². The molecule has 0 amide bonds. The van der Waals surface area contributed by atoms with Crippen LogP contribution in [0.3, 0.4) is 0 Å². The molecule has 1 heteroatoms. The van der Waals surface area contributed by atoms with Gasteiger partial charge in [-0.2, -0.15) is 0 Å². The maximum Gasteiger partial charge on any atom is 0.0928 e. The predicted molar refractivity (Wildman–Crippen MR) is 38.9 cm³/mol. The van der Waals surface area contributed by atoms with Gasteiger partial charge in [0.1, 0.15) is 0 Å². The van der Waals surface area contributed by atoms with Crippen molar-refractivity contribution in [1.82, 2.24) is 0 Å². The number of alkyl halides is 1. The van der Waals surface area contributed by atoms with Gasteiger partial charge in [0.15, 0.2) is 0 Å². The van der Waals surface area contributed by atoms with E-state index in [1.165, 1.54) is 0 Å². The molecule has 0 saturated heterocycles. The topological polar surface area (TPSA) is 0 Å². The molecule has 0 aromatic carbocycles. The minimum Gasteiger partial charge on any atom is -0.251 e. The molecule has 0 bridgehead atoms. The lowest BCUT2D eigenvalue weighted by Crippen LogP contribution is -1.69. The lowest BCUT2D eigenvalue weighted by atomic mass is 10.2. The van der Waals surface area contributed by atoms with Gasteiger partial charge in [0.25, 0.3) is 0 Å². The van der Waals surface area contributed by atoms with Crippen LogP contribution in [0.5, 0.6) is 0 Å². The molecule has 1 radical (unpaired) electrons. The highest BCUT2D eigenvalue weighted by Gasteiger charge is 1.77. The predicted octanol–water partition coefficient (Wildman–Crippen LogP) is 2.91.